The fourth-order valence-electron chi connectivity index (χ4n) is 8.68. The number of nitrogens with two attached hydrogens (primary N) is 1. The van der Waals surface area contributed by atoms with Gasteiger partial charge in [-0.3, -0.25) is 30.3 Å². The number of halogens is 12. The van der Waals surface area contributed by atoms with Gasteiger partial charge in [-0.05, 0) is 224 Å². The Kier molecular flexibility index (Phi) is 31.9. The van der Waals surface area contributed by atoms with Crippen LogP contribution in [-0.2, 0) is 0 Å². The molecule has 0 unspecified atom stereocenters. The quantitative estimate of drug-likeness (QED) is 0.0516. The molecular weight excluding hydrogens is 1800 g/mol. The van der Waals surface area contributed by atoms with Gasteiger partial charge in [-0.15, -0.1) is 5.69 Å². The van der Waals surface area contributed by atoms with Crippen LogP contribution in [0.1, 0.15) is 55.6 Å². The Morgan fingerprint density at radius 3 is 0.989 bits per heavy atom. The van der Waals surface area contributed by atoms with Gasteiger partial charge in [0.05, 0.1) is 41.6 Å². The van der Waals surface area contributed by atoms with E-state index in [4.69, 9.17) is 11.5 Å². The van der Waals surface area contributed by atoms with Gasteiger partial charge in [-0.1, -0.05) is 162 Å². The van der Waals surface area contributed by atoms with E-state index in [0.29, 0.717) is 64.9 Å². The van der Waals surface area contributed by atoms with Crippen molar-refractivity contribution < 1.29 is 78.0 Å². The third kappa shape index (κ3) is 22.3. The van der Waals surface area contributed by atoms with Crippen LogP contribution in [0.4, 0.5) is 50.4 Å². The number of benzene rings is 10. The van der Waals surface area contributed by atoms with Crippen molar-refractivity contribution in [1.82, 2.24) is 0 Å². The zero-order valence-electron chi connectivity index (χ0n) is 48.4. The van der Waals surface area contributed by atoms with Crippen LogP contribution in [0.5, 0.6) is 0 Å². The van der Waals surface area contributed by atoms with Crippen LogP contribution in [0, 0.1) is 101 Å². The second-order valence-corrected chi connectivity index (χ2v) is 27.3. The van der Waals surface area contributed by atoms with Gasteiger partial charge < -0.3 is 11.5 Å². The first-order valence-electron chi connectivity index (χ1n) is 26.7. The van der Waals surface area contributed by atoms with Crippen LogP contribution in [0.2, 0.25) is 0 Å². The number of nitro groups is 3. The van der Waals surface area contributed by atoms with E-state index < -0.39 is 14.8 Å². The van der Waals surface area contributed by atoms with E-state index in [1.807, 2.05) is 42.5 Å². The van der Waals surface area contributed by atoms with E-state index >= 15 is 0 Å². The number of nitrogens with zero attached hydrogens (tertiary/aromatic N) is 3. The summed E-state index contributed by atoms with van der Waals surface area (Å²) in [5, 5.41) is 33.1. The Balaban J connectivity index is 0.000000212. The molecule has 0 saturated heterocycles. The van der Waals surface area contributed by atoms with Crippen molar-refractivity contribution in [2.45, 2.75) is 0 Å². The maximum absolute atomic E-state index is 13.0. The minimum absolute atomic E-state index is 0. The van der Waals surface area contributed by atoms with Crippen LogP contribution < -0.4 is 5.73 Å². The number of hydrogen-bond donors (Lipinski definition) is 1. The molecular formula is C70H46Br7F5N5O6Pr-. The normalized spacial score (nSPS) is 10.3. The van der Waals surface area contributed by atoms with E-state index in [0.717, 1.165) is 40.2 Å². The van der Waals surface area contributed by atoms with Crippen LogP contribution in [0.25, 0.3) is 33.6 Å². The van der Waals surface area contributed by atoms with Crippen LogP contribution in [-0.4, -0.2) is 14.8 Å². The standard InChI is InChI=1S/C14H8Br2FNO2.C14H10Br2FN.C14H9Br2FN.C14H9BrFNO2.C14H10FNO2.Pr/c15-14(16)13(9-5-7-10(17)8-6-9)11-3-1-2-4-12(11)18(19)20;2*15-14(16)13(9-5-7-10(17)8-6-9)11-3-1-2-4-12(11)18;15-9-13(10-5-7-11(16)8-6-10)12-3-1-2-4-14(12)17(18)19;1-10(11-6-8-12(15)9-7-11)13-4-2-3-5-14(13)16(17)18;/h1-8H;1-8H,18H2;1-8,18H;1-9H;2-9H,1H2;/q;;-1;;;. The van der Waals surface area contributed by atoms with E-state index in [1.54, 1.807) is 126 Å². The van der Waals surface area contributed by atoms with Gasteiger partial charge in [0.15, 0.2) is 0 Å². The van der Waals surface area contributed by atoms with E-state index in [2.05, 4.69) is 118 Å². The van der Waals surface area contributed by atoms with Crippen molar-refractivity contribution >= 4 is 168 Å². The third-order valence-corrected chi connectivity index (χ3v) is 15.9. The first-order valence-corrected chi connectivity index (χ1v) is 32.4. The fourth-order valence-corrected chi connectivity index (χ4v) is 11.8. The van der Waals surface area contributed by atoms with Gasteiger partial charge in [-0.25, -0.2) is 22.0 Å². The Hall–Kier alpha value is -6.93. The first kappa shape index (κ1) is 77.8. The van der Waals surface area contributed by atoms with Gasteiger partial charge in [0, 0.05) is 93.0 Å². The Morgan fingerprint density at radius 2 is 0.638 bits per heavy atom. The minimum atomic E-state index is -0.454. The summed E-state index contributed by atoms with van der Waals surface area (Å²) in [5.41, 5.74) is 25.3. The van der Waals surface area contributed by atoms with Crippen LogP contribution >= 0.6 is 112 Å². The summed E-state index contributed by atoms with van der Waals surface area (Å²) in [6.07, 6.45) is 0. The molecule has 0 aromatic heterocycles. The molecule has 475 valence electrons. The minimum Gasteiger partial charge on any atom is -0.698 e. The Labute approximate surface area is 629 Å². The summed E-state index contributed by atoms with van der Waals surface area (Å²) < 4.78 is 66.8. The zero-order chi connectivity index (χ0) is 67.9. The predicted molar refractivity (Wildman–Crippen MR) is 388 cm³/mol. The maximum Gasteiger partial charge on any atom is 0.277 e. The average Bonchev–Trinajstić information content (AvgIpc) is 0.863. The molecule has 24 heteroatoms. The number of nitrogen functional groups attached to an aromatic ring is 1. The molecule has 0 atom stereocenters. The molecule has 0 heterocycles. The summed E-state index contributed by atoms with van der Waals surface area (Å²) in [4.78, 5) is 33.3. The summed E-state index contributed by atoms with van der Waals surface area (Å²) in [7, 11) is 0. The SMILES string of the molecule is C=C(c1ccc(F)cc1)c1ccccc1[N+](=O)[O-].Nc1ccccc1C(=C(Br)Br)c1ccc(F)cc1.O=[N+]([O-])c1ccccc1C(=C(Br)Br)c1ccc(F)cc1.O=[N+]([O-])c1ccccc1C(=CBr)c1ccc(F)cc1.[NH-]c1ccccc1C(=C(Br)Br)c1ccc(F)cc1.[Pr]. The molecule has 3 N–H and O–H groups in total. The predicted octanol–water partition coefficient (Wildman–Crippen LogP) is 24.5. The van der Waals surface area contributed by atoms with Gasteiger partial charge in [0.1, 0.15) is 29.1 Å². The Morgan fingerprint density at radius 1 is 0.372 bits per heavy atom. The van der Waals surface area contributed by atoms with Crippen molar-refractivity contribution in [1.29, 1.82) is 0 Å². The molecule has 0 saturated carbocycles. The maximum atomic E-state index is 13.0. The van der Waals surface area contributed by atoms with Crippen molar-refractivity contribution in [2.75, 3.05) is 5.73 Å². The smallest absolute Gasteiger partial charge is 0.277 e. The van der Waals surface area contributed by atoms with Crippen molar-refractivity contribution in [3.05, 3.63) is 385 Å². The number of nitrogens with one attached hydrogen (secondary N) is 1. The molecule has 10 aromatic rings. The van der Waals surface area contributed by atoms with Crippen molar-refractivity contribution in [3.8, 4) is 0 Å². The van der Waals surface area contributed by atoms with Gasteiger partial charge in [-0.2, -0.15) is 0 Å². The second kappa shape index (κ2) is 38.6. The molecule has 10 aromatic carbocycles. The summed E-state index contributed by atoms with van der Waals surface area (Å²) in [5.74, 6) is -1.59. The number of hydrogen-bond acceptors (Lipinski definition) is 7. The van der Waals surface area contributed by atoms with Crippen molar-refractivity contribution in [3.63, 3.8) is 0 Å². The van der Waals surface area contributed by atoms with Crippen LogP contribution in [0.15, 0.2) is 264 Å². The molecule has 0 fully saturated rings. The molecule has 0 aliphatic heterocycles. The molecule has 0 aliphatic carbocycles. The van der Waals surface area contributed by atoms with Crippen LogP contribution in [0.3, 0.4) is 0 Å². The molecule has 10 rings (SSSR count). The number of para-hydroxylation sites is 4. The molecule has 0 amide bonds. The second-order valence-electron chi connectivity index (χ2n) is 18.9. The molecule has 0 aliphatic rings. The monoisotopic (exact) mass is 1840 g/mol. The topological polar surface area (TPSA) is 179 Å². The molecule has 94 heavy (non-hydrogen) atoms. The average molecular weight is 1850 g/mol. The third-order valence-electron chi connectivity index (χ3n) is 13.0. The number of anilines is 1. The zero-order valence-corrected chi connectivity index (χ0v) is 63.2. The van der Waals surface area contributed by atoms with Gasteiger partial charge >= 0.3 is 0 Å². The summed E-state index contributed by atoms with van der Waals surface area (Å²) in [6.45, 7) is 3.84. The summed E-state index contributed by atoms with van der Waals surface area (Å²) >= 11 is 23.4. The number of rotatable bonds is 13. The molecule has 1 radical (unpaired) electrons. The Bertz CT molecular complexity index is 4310. The molecule has 0 bridgehead atoms. The largest absolute Gasteiger partial charge is 0.698 e. The number of nitro benzene ring substituents is 3. The fraction of sp³-hybridized carbons (Fsp3) is 0. The van der Waals surface area contributed by atoms with Gasteiger partial charge in [0.25, 0.3) is 17.1 Å². The van der Waals surface area contributed by atoms with E-state index in [9.17, 15) is 52.3 Å². The summed E-state index contributed by atoms with van der Waals surface area (Å²) in [6, 6.07) is 63.8. The van der Waals surface area contributed by atoms with Crippen molar-refractivity contribution in [2.24, 2.45) is 0 Å². The van der Waals surface area contributed by atoms with Gasteiger partial charge in [0.2, 0.25) is 0 Å². The van der Waals surface area contributed by atoms with E-state index in [-0.39, 0.29) is 87.4 Å². The molecule has 0 spiro atoms. The van der Waals surface area contributed by atoms with E-state index in [1.165, 1.54) is 78.9 Å². The first-order chi connectivity index (χ1) is 44.4. The molecule has 11 nitrogen and oxygen atoms in total.